The molecular weight excluding hydrogens is 198 g/mol. The third kappa shape index (κ3) is 6.08. The van der Waals surface area contributed by atoms with E-state index < -0.39 is 0 Å². The van der Waals surface area contributed by atoms with Gasteiger partial charge in [0, 0.05) is 6.42 Å². The van der Waals surface area contributed by atoms with E-state index in [2.05, 4.69) is 6.07 Å². The van der Waals surface area contributed by atoms with E-state index in [9.17, 15) is 0 Å². The fraction of sp³-hybridized carbons (Fsp3) is 0.500. The third-order valence-corrected chi connectivity index (χ3v) is 2.44. The first kappa shape index (κ1) is 12.6. The third-order valence-electron chi connectivity index (χ3n) is 2.44. The molecule has 0 radical (unpaired) electrons. The maximum Gasteiger partial charge on any atom is 0.119 e. The highest BCUT2D eigenvalue weighted by Crippen LogP contribution is 2.10. The Morgan fingerprint density at radius 2 is 1.62 bits per heavy atom. The highest BCUT2D eigenvalue weighted by molar-refractivity contribution is 5.20. The number of hydrogen-bond donors (Lipinski definition) is 0. The zero-order valence-electron chi connectivity index (χ0n) is 9.69. The van der Waals surface area contributed by atoms with Crippen LogP contribution in [0.4, 0.5) is 0 Å². The summed E-state index contributed by atoms with van der Waals surface area (Å²) in [5, 5.41) is 8.36. The SMILES string of the molecule is N#CCCCCCCCOc1ccccc1. The van der Waals surface area contributed by atoms with E-state index in [4.69, 9.17) is 10.00 Å². The first-order valence-electron chi connectivity index (χ1n) is 5.98. The first-order valence-corrected chi connectivity index (χ1v) is 5.98. The summed E-state index contributed by atoms with van der Waals surface area (Å²) in [5.74, 6) is 0.951. The van der Waals surface area contributed by atoms with Crippen molar-refractivity contribution in [2.45, 2.75) is 38.5 Å². The molecule has 1 rings (SSSR count). The van der Waals surface area contributed by atoms with E-state index >= 15 is 0 Å². The lowest BCUT2D eigenvalue weighted by Crippen LogP contribution is -1.96. The van der Waals surface area contributed by atoms with E-state index in [1.807, 2.05) is 30.3 Å². The Hall–Kier alpha value is -1.49. The molecule has 0 N–H and O–H groups in total. The van der Waals surface area contributed by atoms with Crippen LogP contribution in [0.3, 0.4) is 0 Å². The van der Waals surface area contributed by atoms with Crippen LogP contribution in [0.25, 0.3) is 0 Å². The normalized spacial score (nSPS) is 9.69. The molecule has 0 aliphatic rings. The van der Waals surface area contributed by atoms with E-state index in [1.54, 1.807) is 0 Å². The zero-order chi connectivity index (χ0) is 11.5. The molecule has 0 spiro atoms. The van der Waals surface area contributed by atoms with Gasteiger partial charge < -0.3 is 4.74 Å². The molecule has 1 aromatic carbocycles. The van der Waals surface area contributed by atoms with Crippen LogP contribution in [-0.4, -0.2) is 6.61 Å². The number of rotatable bonds is 8. The minimum Gasteiger partial charge on any atom is -0.494 e. The van der Waals surface area contributed by atoms with Gasteiger partial charge in [-0.3, -0.25) is 0 Å². The molecule has 0 aliphatic heterocycles. The van der Waals surface area contributed by atoms with Crippen molar-refractivity contribution in [1.29, 1.82) is 5.26 Å². The monoisotopic (exact) mass is 217 g/mol. The molecule has 16 heavy (non-hydrogen) atoms. The smallest absolute Gasteiger partial charge is 0.119 e. The van der Waals surface area contributed by atoms with Gasteiger partial charge in [0.15, 0.2) is 0 Å². The van der Waals surface area contributed by atoms with Crippen molar-refractivity contribution >= 4 is 0 Å². The summed E-state index contributed by atoms with van der Waals surface area (Å²) in [6.07, 6.45) is 6.40. The van der Waals surface area contributed by atoms with Crippen LogP contribution in [0, 0.1) is 11.3 Å². The quantitative estimate of drug-likeness (QED) is 0.618. The lowest BCUT2D eigenvalue weighted by molar-refractivity contribution is 0.304. The summed E-state index contributed by atoms with van der Waals surface area (Å²) in [7, 11) is 0. The second kappa shape index (κ2) is 8.79. The lowest BCUT2D eigenvalue weighted by atomic mass is 10.1. The van der Waals surface area contributed by atoms with Crippen molar-refractivity contribution in [1.82, 2.24) is 0 Å². The molecule has 0 saturated heterocycles. The van der Waals surface area contributed by atoms with Gasteiger partial charge in [0.1, 0.15) is 5.75 Å². The van der Waals surface area contributed by atoms with Crippen molar-refractivity contribution in [2.24, 2.45) is 0 Å². The van der Waals surface area contributed by atoms with Crippen LogP contribution >= 0.6 is 0 Å². The number of benzene rings is 1. The largest absolute Gasteiger partial charge is 0.494 e. The topological polar surface area (TPSA) is 33.0 Å². The van der Waals surface area contributed by atoms with Crippen LogP contribution < -0.4 is 4.74 Å². The minimum atomic E-state index is 0.695. The van der Waals surface area contributed by atoms with Gasteiger partial charge in [0.25, 0.3) is 0 Å². The zero-order valence-corrected chi connectivity index (χ0v) is 9.69. The van der Waals surface area contributed by atoms with Crippen molar-refractivity contribution in [2.75, 3.05) is 6.61 Å². The summed E-state index contributed by atoms with van der Waals surface area (Å²) >= 11 is 0. The standard InChI is InChI=1S/C14H19NO/c15-12-8-3-1-2-4-9-13-16-14-10-6-5-7-11-14/h5-7,10-11H,1-4,8-9,13H2. The van der Waals surface area contributed by atoms with E-state index in [0.717, 1.165) is 25.2 Å². The van der Waals surface area contributed by atoms with Gasteiger partial charge in [-0.15, -0.1) is 0 Å². The Balaban J connectivity index is 1.91. The molecule has 0 atom stereocenters. The van der Waals surface area contributed by atoms with Crippen molar-refractivity contribution in [3.05, 3.63) is 30.3 Å². The summed E-state index contributed by atoms with van der Waals surface area (Å²) in [6.45, 7) is 0.794. The molecule has 0 bridgehead atoms. The molecule has 2 heteroatoms. The molecule has 0 aromatic heterocycles. The van der Waals surface area contributed by atoms with Gasteiger partial charge >= 0.3 is 0 Å². The number of unbranched alkanes of at least 4 members (excludes halogenated alkanes) is 5. The van der Waals surface area contributed by atoms with Crippen molar-refractivity contribution in [3.8, 4) is 11.8 Å². The molecule has 0 fully saturated rings. The maximum atomic E-state index is 8.36. The number of nitrogens with zero attached hydrogens (tertiary/aromatic N) is 1. The molecule has 0 amide bonds. The minimum absolute atomic E-state index is 0.695. The fourth-order valence-electron chi connectivity index (χ4n) is 1.54. The Morgan fingerprint density at radius 1 is 0.938 bits per heavy atom. The number of ether oxygens (including phenoxy) is 1. The number of hydrogen-bond acceptors (Lipinski definition) is 2. The molecule has 86 valence electrons. The lowest BCUT2D eigenvalue weighted by Gasteiger charge is -2.05. The van der Waals surface area contributed by atoms with Gasteiger partial charge in [-0.1, -0.05) is 37.5 Å². The van der Waals surface area contributed by atoms with Gasteiger partial charge in [0.2, 0.25) is 0 Å². The Labute approximate surface area is 97.9 Å². The van der Waals surface area contributed by atoms with E-state index in [-0.39, 0.29) is 0 Å². The molecule has 1 aromatic rings. The molecule has 0 aliphatic carbocycles. The molecule has 0 unspecified atom stereocenters. The van der Waals surface area contributed by atoms with Crippen LogP contribution in [0.5, 0.6) is 5.75 Å². The highest BCUT2D eigenvalue weighted by Gasteiger charge is 1.93. The van der Waals surface area contributed by atoms with Crippen LogP contribution in [-0.2, 0) is 0 Å². The van der Waals surface area contributed by atoms with Crippen molar-refractivity contribution in [3.63, 3.8) is 0 Å². The first-order chi connectivity index (χ1) is 7.93. The number of para-hydroxylation sites is 1. The van der Waals surface area contributed by atoms with Crippen LogP contribution in [0.2, 0.25) is 0 Å². The van der Waals surface area contributed by atoms with E-state index in [0.29, 0.717) is 6.42 Å². The van der Waals surface area contributed by atoms with Gasteiger partial charge in [0.05, 0.1) is 12.7 Å². The molecule has 0 heterocycles. The molecule has 0 saturated carbocycles. The van der Waals surface area contributed by atoms with E-state index in [1.165, 1.54) is 19.3 Å². The second-order valence-electron chi connectivity index (χ2n) is 3.84. The average molecular weight is 217 g/mol. The second-order valence-corrected chi connectivity index (χ2v) is 3.84. The Bertz CT molecular complexity index is 302. The predicted molar refractivity (Wildman–Crippen MR) is 65.3 cm³/mol. The summed E-state index contributed by atoms with van der Waals surface area (Å²) < 4.78 is 5.58. The summed E-state index contributed by atoms with van der Waals surface area (Å²) in [4.78, 5) is 0. The molecule has 2 nitrogen and oxygen atoms in total. The van der Waals surface area contributed by atoms with Crippen LogP contribution in [0.1, 0.15) is 38.5 Å². The van der Waals surface area contributed by atoms with Gasteiger partial charge in [-0.2, -0.15) is 5.26 Å². The number of nitriles is 1. The highest BCUT2D eigenvalue weighted by atomic mass is 16.5. The predicted octanol–water partition coefficient (Wildman–Crippen LogP) is 3.93. The van der Waals surface area contributed by atoms with Crippen LogP contribution in [0.15, 0.2) is 30.3 Å². The fourth-order valence-corrected chi connectivity index (χ4v) is 1.54. The maximum absolute atomic E-state index is 8.36. The van der Waals surface area contributed by atoms with Gasteiger partial charge in [-0.05, 0) is 25.0 Å². The summed E-state index contributed by atoms with van der Waals surface area (Å²) in [5.41, 5.74) is 0. The Morgan fingerprint density at radius 3 is 2.38 bits per heavy atom. The molecular formula is C14H19NO. The van der Waals surface area contributed by atoms with Crippen molar-refractivity contribution < 1.29 is 4.74 Å². The average Bonchev–Trinajstić information content (AvgIpc) is 2.34. The van der Waals surface area contributed by atoms with Gasteiger partial charge in [-0.25, -0.2) is 0 Å². The Kier molecular flexibility index (Phi) is 6.91. The summed E-state index contributed by atoms with van der Waals surface area (Å²) in [6, 6.07) is 12.1.